The van der Waals surface area contributed by atoms with E-state index in [0.29, 0.717) is 0 Å². The number of aromatic carboxylic acids is 1. The van der Waals surface area contributed by atoms with Crippen molar-refractivity contribution in [3.05, 3.63) is 17.8 Å². The Kier molecular flexibility index (Phi) is 3.22. The van der Waals surface area contributed by atoms with Gasteiger partial charge in [0.15, 0.2) is 0 Å². The molecule has 0 aliphatic rings. The number of hydrogen-bond donors (Lipinski definition) is 2. The van der Waals surface area contributed by atoms with E-state index < -0.39 is 5.97 Å². The molecule has 0 bridgehead atoms. The summed E-state index contributed by atoms with van der Waals surface area (Å²) in [6, 6.07) is 1.35. The number of anilines is 1. The van der Waals surface area contributed by atoms with Crippen LogP contribution in [0.2, 0.25) is 0 Å². The second-order valence-corrected chi connectivity index (χ2v) is 2.76. The lowest BCUT2D eigenvalue weighted by Crippen LogP contribution is -2.09. The Morgan fingerprint density at radius 3 is 2.67 bits per heavy atom. The van der Waals surface area contributed by atoms with Gasteiger partial charge in [-0.2, -0.15) is 0 Å². The first-order valence-electron chi connectivity index (χ1n) is 4.09. The van der Waals surface area contributed by atoms with Gasteiger partial charge >= 0.3 is 5.97 Å². The van der Waals surface area contributed by atoms with Gasteiger partial charge in [-0.25, -0.2) is 9.78 Å². The van der Waals surface area contributed by atoms with Gasteiger partial charge in [-0.1, -0.05) is 0 Å². The zero-order valence-electron chi connectivity index (χ0n) is 8.27. The highest BCUT2D eigenvalue weighted by molar-refractivity contribution is 5.92. The molecule has 0 unspecified atom stereocenters. The van der Waals surface area contributed by atoms with Crippen LogP contribution in [0.15, 0.2) is 12.3 Å². The van der Waals surface area contributed by atoms with Gasteiger partial charge < -0.3 is 15.2 Å². The number of rotatable bonds is 3. The summed E-state index contributed by atoms with van der Waals surface area (Å²) in [5.41, 5.74) is -0.0494. The molecule has 0 radical (unpaired) electrons. The summed E-state index contributed by atoms with van der Waals surface area (Å²) in [4.78, 5) is 25.2. The van der Waals surface area contributed by atoms with Crippen molar-refractivity contribution in [2.45, 2.75) is 6.92 Å². The number of ether oxygens (including phenoxy) is 1. The number of nitrogens with zero attached hydrogens (tertiary/aromatic N) is 1. The van der Waals surface area contributed by atoms with E-state index in [4.69, 9.17) is 9.84 Å². The average molecular weight is 210 g/mol. The highest BCUT2D eigenvalue weighted by Gasteiger charge is 2.12. The topological polar surface area (TPSA) is 88.5 Å². The fourth-order valence-electron chi connectivity index (χ4n) is 1.02. The normalized spacial score (nSPS) is 9.47. The predicted molar refractivity (Wildman–Crippen MR) is 52.1 cm³/mol. The molecule has 15 heavy (non-hydrogen) atoms. The van der Waals surface area contributed by atoms with Crippen molar-refractivity contribution >= 4 is 17.7 Å². The van der Waals surface area contributed by atoms with Gasteiger partial charge in [0.05, 0.1) is 7.11 Å². The third-order valence-corrected chi connectivity index (χ3v) is 1.62. The third-order valence-electron chi connectivity index (χ3n) is 1.62. The Morgan fingerprint density at radius 2 is 2.20 bits per heavy atom. The number of amides is 1. The molecule has 6 heteroatoms. The SMILES string of the molecule is COc1cc(NC(C)=O)ncc1C(=O)O. The second kappa shape index (κ2) is 4.41. The third kappa shape index (κ3) is 2.67. The lowest BCUT2D eigenvalue weighted by molar-refractivity contribution is -0.114. The molecule has 1 aromatic heterocycles. The van der Waals surface area contributed by atoms with Crippen LogP contribution in [-0.4, -0.2) is 29.1 Å². The van der Waals surface area contributed by atoms with E-state index in [2.05, 4.69) is 10.3 Å². The average Bonchev–Trinajstić information content (AvgIpc) is 2.16. The van der Waals surface area contributed by atoms with Gasteiger partial charge in [-0.05, 0) is 0 Å². The zero-order chi connectivity index (χ0) is 11.4. The van der Waals surface area contributed by atoms with Crippen molar-refractivity contribution in [3.63, 3.8) is 0 Å². The lowest BCUT2D eigenvalue weighted by Gasteiger charge is -2.06. The highest BCUT2D eigenvalue weighted by Crippen LogP contribution is 2.20. The Hall–Kier alpha value is -2.11. The van der Waals surface area contributed by atoms with Crippen LogP contribution in [0.5, 0.6) is 5.75 Å². The zero-order valence-corrected chi connectivity index (χ0v) is 8.27. The van der Waals surface area contributed by atoms with Gasteiger partial charge in [-0.15, -0.1) is 0 Å². The number of hydrogen-bond acceptors (Lipinski definition) is 4. The van der Waals surface area contributed by atoms with E-state index in [9.17, 15) is 9.59 Å². The molecule has 0 saturated carbocycles. The van der Waals surface area contributed by atoms with E-state index in [1.807, 2.05) is 0 Å². The number of carboxylic acid groups (broad SMARTS) is 1. The summed E-state index contributed by atoms with van der Waals surface area (Å²) in [7, 11) is 1.35. The summed E-state index contributed by atoms with van der Waals surface area (Å²) in [6.45, 7) is 1.33. The number of aromatic nitrogens is 1. The molecule has 0 fully saturated rings. The fraction of sp³-hybridized carbons (Fsp3) is 0.222. The van der Waals surface area contributed by atoms with Crippen LogP contribution in [0.1, 0.15) is 17.3 Å². The molecule has 80 valence electrons. The van der Waals surface area contributed by atoms with Gasteiger partial charge in [0.1, 0.15) is 17.1 Å². The van der Waals surface area contributed by atoms with Gasteiger partial charge in [0.25, 0.3) is 0 Å². The molecule has 2 N–H and O–H groups in total. The first-order valence-corrected chi connectivity index (χ1v) is 4.09. The molecule has 0 atom stereocenters. The quantitative estimate of drug-likeness (QED) is 0.768. The van der Waals surface area contributed by atoms with Crippen molar-refractivity contribution in [3.8, 4) is 5.75 Å². The number of nitrogens with one attached hydrogen (secondary N) is 1. The molecule has 0 saturated heterocycles. The lowest BCUT2D eigenvalue weighted by atomic mass is 10.2. The molecule has 0 aliphatic carbocycles. The van der Waals surface area contributed by atoms with Crippen LogP contribution in [0.25, 0.3) is 0 Å². The van der Waals surface area contributed by atoms with E-state index in [0.717, 1.165) is 6.20 Å². The molecule has 0 aromatic carbocycles. The van der Waals surface area contributed by atoms with Crippen molar-refractivity contribution in [1.82, 2.24) is 4.98 Å². The summed E-state index contributed by atoms with van der Waals surface area (Å²) in [6.07, 6.45) is 1.13. The van der Waals surface area contributed by atoms with E-state index in [1.165, 1.54) is 20.1 Å². The van der Waals surface area contributed by atoms with Crippen molar-refractivity contribution in [1.29, 1.82) is 0 Å². The number of carbonyl (C=O) groups is 2. The summed E-state index contributed by atoms with van der Waals surface area (Å²) in [5.74, 6) is -1.01. The fourth-order valence-corrected chi connectivity index (χ4v) is 1.02. The highest BCUT2D eigenvalue weighted by atomic mass is 16.5. The van der Waals surface area contributed by atoms with Crippen LogP contribution in [0, 0.1) is 0 Å². The van der Waals surface area contributed by atoms with Crippen LogP contribution in [-0.2, 0) is 4.79 Å². The van der Waals surface area contributed by atoms with Crippen molar-refractivity contribution < 1.29 is 19.4 Å². The molecule has 0 aliphatic heterocycles. The van der Waals surface area contributed by atoms with Crippen molar-refractivity contribution in [2.75, 3.05) is 12.4 Å². The van der Waals surface area contributed by atoms with Crippen LogP contribution in [0.4, 0.5) is 5.82 Å². The first kappa shape index (κ1) is 11.0. The molecular weight excluding hydrogens is 200 g/mol. The molecule has 1 amide bonds. The van der Waals surface area contributed by atoms with Gasteiger partial charge in [-0.3, -0.25) is 4.79 Å². The molecule has 1 rings (SSSR count). The first-order chi connectivity index (χ1) is 7.04. The maximum atomic E-state index is 10.7. The molecule has 1 aromatic rings. The van der Waals surface area contributed by atoms with Crippen molar-refractivity contribution in [2.24, 2.45) is 0 Å². The van der Waals surface area contributed by atoms with Crippen LogP contribution >= 0.6 is 0 Å². The maximum absolute atomic E-state index is 10.7. The van der Waals surface area contributed by atoms with Crippen LogP contribution < -0.4 is 10.1 Å². The molecule has 1 heterocycles. The minimum absolute atomic E-state index is 0.0494. The summed E-state index contributed by atoms with van der Waals surface area (Å²) in [5, 5.41) is 11.2. The Morgan fingerprint density at radius 1 is 1.53 bits per heavy atom. The second-order valence-electron chi connectivity index (χ2n) is 2.76. The van der Waals surface area contributed by atoms with Gasteiger partial charge in [0.2, 0.25) is 5.91 Å². The predicted octanol–water partition coefficient (Wildman–Crippen LogP) is 0.747. The number of methoxy groups -OCH3 is 1. The number of pyridine rings is 1. The Labute approximate surface area is 85.9 Å². The number of carbonyl (C=O) groups excluding carboxylic acids is 1. The molecule has 6 nitrogen and oxygen atoms in total. The Bertz CT molecular complexity index is 403. The van der Waals surface area contributed by atoms with E-state index in [-0.39, 0.29) is 23.0 Å². The standard InChI is InChI=1S/C9H10N2O4/c1-5(12)11-8-3-7(15-2)6(4-10-8)9(13)14/h3-4H,1-2H3,(H,13,14)(H,10,11,12). The minimum atomic E-state index is -1.13. The molecular formula is C9H10N2O4. The summed E-state index contributed by atoms with van der Waals surface area (Å²) >= 11 is 0. The summed E-state index contributed by atoms with van der Waals surface area (Å²) < 4.78 is 4.86. The minimum Gasteiger partial charge on any atom is -0.496 e. The number of carboxylic acids is 1. The van der Waals surface area contributed by atoms with E-state index in [1.54, 1.807) is 0 Å². The molecule has 0 spiro atoms. The smallest absolute Gasteiger partial charge is 0.341 e. The van der Waals surface area contributed by atoms with Gasteiger partial charge in [0, 0.05) is 19.2 Å². The maximum Gasteiger partial charge on any atom is 0.341 e. The monoisotopic (exact) mass is 210 g/mol. The largest absolute Gasteiger partial charge is 0.496 e. The van der Waals surface area contributed by atoms with E-state index >= 15 is 0 Å². The van der Waals surface area contributed by atoms with Crippen LogP contribution in [0.3, 0.4) is 0 Å². The Balaban J connectivity index is 3.07.